The first-order valence-corrected chi connectivity index (χ1v) is 9.05. The second-order valence-corrected chi connectivity index (χ2v) is 6.96. The van der Waals surface area contributed by atoms with Crippen molar-refractivity contribution in [3.63, 3.8) is 0 Å². The van der Waals surface area contributed by atoms with Crippen LogP contribution < -0.4 is 4.74 Å². The largest absolute Gasteiger partial charge is 0.488 e. The third-order valence-electron chi connectivity index (χ3n) is 4.18. The maximum Gasteiger partial charge on any atom is 0.133 e. The molecule has 2 nitrogen and oxygen atoms in total. The maximum absolute atomic E-state index is 9.75. The highest BCUT2D eigenvalue weighted by Gasteiger charge is 2.14. The highest BCUT2D eigenvalue weighted by molar-refractivity contribution is 7.22. The van der Waals surface area contributed by atoms with Gasteiger partial charge in [-0.15, -0.1) is 11.3 Å². The molecular weight excluding hydrogens is 328 g/mol. The molecule has 0 aliphatic rings. The average Bonchev–Trinajstić information content (AvgIpc) is 3.11. The first-order valence-electron chi connectivity index (χ1n) is 8.23. The first-order chi connectivity index (χ1) is 12.3. The minimum atomic E-state index is -0.0388. The van der Waals surface area contributed by atoms with Crippen molar-refractivity contribution in [1.29, 1.82) is 0 Å². The molecule has 4 rings (SSSR count). The number of aliphatic hydroxyl groups is 1. The zero-order valence-electron chi connectivity index (χ0n) is 13.7. The van der Waals surface area contributed by atoms with Gasteiger partial charge in [-0.2, -0.15) is 0 Å². The molecule has 0 amide bonds. The maximum atomic E-state index is 9.75. The molecule has 124 valence electrons. The first kappa shape index (κ1) is 15.9. The molecule has 0 saturated carbocycles. The Kier molecular flexibility index (Phi) is 4.51. The van der Waals surface area contributed by atoms with Crippen LogP contribution in [0, 0.1) is 0 Å². The van der Waals surface area contributed by atoms with E-state index in [1.165, 1.54) is 10.1 Å². The highest BCUT2D eigenvalue weighted by atomic mass is 32.1. The average molecular weight is 346 g/mol. The minimum absolute atomic E-state index is 0.0388. The van der Waals surface area contributed by atoms with Gasteiger partial charge in [0.15, 0.2) is 0 Å². The Labute approximate surface area is 151 Å². The summed E-state index contributed by atoms with van der Waals surface area (Å²) in [5.74, 6) is 0.764. The lowest BCUT2D eigenvalue weighted by atomic mass is 10.1. The number of aliphatic hydroxyl groups excluding tert-OH is 1. The van der Waals surface area contributed by atoms with Gasteiger partial charge in [0.1, 0.15) is 12.4 Å². The van der Waals surface area contributed by atoms with Gasteiger partial charge in [0.05, 0.1) is 6.61 Å². The van der Waals surface area contributed by atoms with Crippen molar-refractivity contribution in [2.24, 2.45) is 0 Å². The molecule has 4 aromatic rings. The minimum Gasteiger partial charge on any atom is -0.488 e. The molecular formula is C22H18O2S. The Morgan fingerprint density at radius 3 is 2.44 bits per heavy atom. The summed E-state index contributed by atoms with van der Waals surface area (Å²) in [5, 5.41) is 11.0. The monoisotopic (exact) mass is 346 g/mol. The fraction of sp³-hybridized carbons (Fsp3) is 0.0909. The lowest BCUT2D eigenvalue weighted by Crippen LogP contribution is -2.00. The fourth-order valence-corrected chi connectivity index (χ4v) is 4.00. The Morgan fingerprint density at radius 2 is 1.64 bits per heavy atom. The van der Waals surface area contributed by atoms with E-state index in [2.05, 4.69) is 36.4 Å². The Balaban J connectivity index is 1.74. The van der Waals surface area contributed by atoms with E-state index in [-0.39, 0.29) is 6.61 Å². The molecule has 0 bridgehead atoms. The van der Waals surface area contributed by atoms with E-state index >= 15 is 0 Å². The summed E-state index contributed by atoms with van der Waals surface area (Å²) in [7, 11) is 0. The van der Waals surface area contributed by atoms with Crippen LogP contribution in [0.4, 0.5) is 0 Å². The number of rotatable bonds is 5. The zero-order valence-corrected chi connectivity index (χ0v) is 14.5. The molecule has 3 heteroatoms. The van der Waals surface area contributed by atoms with Gasteiger partial charge in [-0.3, -0.25) is 0 Å². The number of para-hydroxylation sites is 1. The molecule has 1 heterocycles. The second kappa shape index (κ2) is 7.09. The molecule has 0 radical (unpaired) electrons. The van der Waals surface area contributed by atoms with Crippen molar-refractivity contribution in [1.82, 2.24) is 0 Å². The summed E-state index contributed by atoms with van der Waals surface area (Å²) >= 11 is 1.74. The number of fused-ring (bicyclic) bond motifs is 1. The summed E-state index contributed by atoms with van der Waals surface area (Å²) in [6, 6.07) is 26.6. The van der Waals surface area contributed by atoms with Gasteiger partial charge in [0.2, 0.25) is 0 Å². The van der Waals surface area contributed by atoms with E-state index in [0.29, 0.717) is 6.61 Å². The molecule has 3 aromatic carbocycles. The number of hydrogen-bond donors (Lipinski definition) is 1. The molecule has 1 aromatic heterocycles. The van der Waals surface area contributed by atoms with Gasteiger partial charge >= 0.3 is 0 Å². The molecule has 0 aliphatic heterocycles. The molecule has 0 spiro atoms. The highest BCUT2D eigenvalue weighted by Crippen LogP contribution is 2.40. The summed E-state index contributed by atoms with van der Waals surface area (Å²) in [6.45, 7) is 0.443. The number of thiophene rings is 1. The molecule has 0 atom stereocenters. The molecule has 0 unspecified atom stereocenters. The van der Waals surface area contributed by atoms with E-state index in [0.717, 1.165) is 27.3 Å². The summed E-state index contributed by atoms with van der Waals surface area (Å²) in [5.41, 5.74) is 2.95. The van der Waals surface area contributed by atoms with Crippen LogP contribution in [0.3, 0.4) is 0 Å². The molecule has 25 heavy (non-hydrogen) atoms. The van der Waals surface area contributed by atoms with Crippen molar-refractivity contribution in [3.05, 3.63) is 90.0 Å². The standard InChI is InChI=1S/C22H18O2S/c23-14-18-10-6-11-19(21-13-17-9-4-5-12-20(17)25-21)22(18)24-15-16-7-2-1-3-8-16/h1-13,23H,14-15H2. The molecule has 0 saturated heterocycles. The summed E-state index contributed by atoms with van der Waals surface area (Å²) in [6.07, 6.45) is 0. The van der Waals surface area contributed by atoms with Crippen molar-refractivity contribution < 1.29 is 9.84 Å². The van der Waals surface area contributed by atoms with Crippen LogP contribution in [0.5, 0.6) is 5.75 Å². The van der Waals surface area contributed by atoms with Crippen molar-refractivity contribution in [2.45, 2.75) is 13.2 Å². The van der Waals surface area contributed by atoms with E-state index < -0.39 is 0 Å². The number of benzene rings is 3. The van der Waals surface area contributed by atoms with Gasteiger partial charge in [-0.1, -0.05) is 60.7 Å². The van der Waals surface area contributed by atoms with Crippen LogP contribution in [-0.2, 0) is 13.2 Å². The predicted octanol–water partition coefficient (Wildman–Crippen LogP) is 5.64. The molecule has 0 fully saturated rings. The van der Waals surface area contributed by atoms with Crippen molar-refractivity contribution >= 4 is 21.4 Å². The second-order valence-electron chi connectivity index (χ2n) is 5.87. The number of ether oxygens (including phenoxy) is 1. The quantitative estimate of drug-likeness (QED) is 0.507. The molecule has 1 N–H and O–H groups in total. The van der Waals surface area contributed by atoms with Gasteiger partial charge in [0.25, 0.3) is 0 Å². The Bertz CT molecular complexity index is 956. The smallest absolute Gasteiger partial charge is 0.133 e. The van der Waals surface area contributed by atoms with Crippen LogP contribution in [0.15, 0.2) is 78.9 Å². The summed E-state index contributed by atoms with van der Waals surface area (Å²) in [4.78, 5) is 1.15. The van der Waals surface area contributed by atoms with E-state index in [1.54, 1.807) is 11.3 Å². The van der Waals surface area contributed by atoms with Gasteiger partial charge in [0, 0.05) is 20.7 Å². The van der Waals surface area contributed by atoms with Crippen molar-refractivity contribution in [3.8, 4) is 16.2 Å². The van der Waals surface area contributed by atoms with Crippen LogP contribution in [-0.4, -0.2) is 5.11 Å². The summed E-state index contributed by atoms with van der Waals surface area (Å²) < 4.78 is 7.39. The lowest BCUT2D eigenvalue weighted by molar-refractivity contribution is 0.259. The van der Waals surface area contributed by atoms with Gasteiger partial charge in [-0.25, -0.2) is 0 Å². The van der Waals surface area contributed by atoms with Crippen LogP contribution in [0.1, 0.15) is 11.1 Å². The topological polar surface area (TPSA) is 29.5 Å². The van der Waals surface area contributed by atoms with E-state index in [4.69, 9.17) is 4.74 Å². The van der Waals surface area contributed by atoms with Crippen LogP contribution in [0.2, 0.25) is 0 Å². The molecule has 0 aliphatic carbocycles. The lowest BCUT2D eigenvalue weighted by Gasteiger charge is -2.14. The predicted molar refractivity (Wildman–Crippen MR) is 104 cm³/mol. The fourth-order valence-electron chi connectivity index (χ4n) is 2.92. The zero-order chi connectivity index (χ0) is 17.1. The van der Waals surface area contributed by atoms with Gasteiger partial charge in [-0.05, 0) is 29.1 Å². The van der Waals surface area contributed by atoms with Crippen LogP contribution in [0.25, 0.3) is 20.5 Å². The van der Waals surface area contributed by atoms with E-state index in [9.17, 15) is 5.11 Å². The van der Waals surface area contributed by atoms with Gasteiger partial charge < -0.3 is 9.84 Å². The van der Waals surface area contributed by atoms with E-state index in [1.807, 2.05) is 42.5 Å². The van der Waals surface area contributed by atoms with Crippen LogP contribution >= 0.6 is 11.3 Å². The number of hydrogen-bond acceptors (Lipinski definition) is 3. The third-order valence-corrected chi connectivity index (χ3v) is 5.33. The SMILES string of the molecule is OCc1cccc(-c2cc3ccccc3s2)c1OCc1ccccc1. The Morgan fingerprint density at radius 1 is 0.840 bits per heavy atom. The normalized spacial score (nSPS) is 10.9. The Hall–Kier alpha value is -2.62. The third kappa shape index (κ3) is 3.29. The van der Waals surface area contributed by atoms with Crippen molar-refractivity contribution in [2.75, 3.05) is 0 Å².